The zero-order valence-electron chi connectivity index (χ0n) is 16.8. The van der Waals surface area contributed by atoms with E-state index >= 15 is 0 Å². The lowest BCUT2D eigenvalue weighted by Crippen LogP contribution is -2.20. The number of non-ortho nitro benzene ring substituents is 1. The van der Waals surface area contributed by atoms with E-state index in [1.54, 1.807) is 19.1 Å². The maximum Gasteiger partial charge on any atom is 0.311 e. The molecule has 0 atom stereocenters. The van der Waals surface area contributed by atoms with Crippen LogP contribution in [-0.2, 0) is 22.5 Å². The number of carbonyl (C=O) groups excluding carboxylic acids is 1. The Hall–Kier alpha value is -3.72. The van der Waals surface area contributed by atoms with E-state index in [2.05, 4.69) is 10.1 Å². The van der Waals surface area contributed by atoms with Crippen LogP contribution in [-0.4, -0.2) is 33.5 Å². The Labute approximate surface area is 182 Å². The Bertz CT molecular complexity index is 1190. The maximum atomic E-state index is 13.1. The number of hydrogen-bond acceptors (Lipinski definition) is 6. The van der Waals surface area contributed by atoms with E-state index in [0.29, 0.717) is 28.7 Å². The van der Waals surface area contributed by atoms with Crippen LogP contribution in [0.5, 0.6) is 0 Å². The number of carbonyl (C=O) groups is 1. The number of ether oxygens (including phenoxy) is 1. The van der Waals surface area contributed by atoms with E-state index in [0.717, 1.165) is 5.56 Å². The van der Waals surface area contributed by atoms with E-state index in [1.807, 2.05) is 12.1 Å². The van der Waals surface area contributed by atoms with Crippen LogP contribution in [0.4, 0.5) is 5.69 Å². The van der Waals surface area contributed by atoms with Gasteiger partial charge in [-0.2, -0.15) is 0 Å². The molecule has 9 nitrogen and oxygen atoms in total. The van der Waals surface area contributed by atoms with Gasteiger partial charge in [-0.25, -0.2) is 4.68 Å². The first kappa shape index (κ1) is 22.0. The van der Waals surface area contributed by atoms with Crippen molar-refractivity contribution in [1.82, 2.24) is 9.78 Å². The van der Waals surface area contributed by atoms with Gasteiger partial charge >= 0.3 is 5.97 Å². The molecule has 0 amide bonds. The number of nitrogens with zero attached hydrogens (tertiary/aromatic N) is 3. The van der Waals surface area contributed by atoms with Crippen LogP contribution in [0.2, 0.25) is 5.02 Å². The average Bonchev–Trinajstić information content (AvgIpc) is 3.08. The fourth-order valence-corrected chi connectivity index (χ4v) is 3.11. The Morgan fingerprint density at radius 1 is 1.19 bits per heavy atom. The predicted octanol–water partition coefficient (Wildman–Crippen LogP) is 3.45. The molecule has 0 radical (unpaired) electrons. The average molecular weight is 443 g/mol. The smallest absolute Gasteiger partial charge is 0.311 e. The molecule has 3 aromatic rings. The molecule has 1 aromatic heterocycles. The number of aromatic amines is 1. The Balaban J connectivity index is 2.01. The van der Waals surface area contributed by atoms with Gasteiger partial charge in [-0.15, -0.1) is 0 Å². The fourth-order valence-electron chi connectivity index (χ4n) is 2.98. The quantitative estimate of drug-likeness (QED) is 0.260. The number of nitro groups is 1. The second-order valence-electron chi connectivity index (χ2n) is 6.66. The van der Waals surface area contributed by atoms with Crippen molar-refractivity contribution in [2.24, 2.45) is 4.99 Å². The SMILES string of the molecule is COC(=O)Cc1[nH]n(-c2ccc([N+](=O)[O-])cc2)c(=O)c1C(C)=NCc1ccc(Cl)cc1. The van der Waals surface area contributed by atoms with E-state index < -0.39 is 16.5 Å². The van der Waals surface area contributed by atoms with Crippen molar-refractivity contribution in [2.45, 2.75) is 19.9 Å². The molecule has 1 N–H and O–H groups in total. The molecule has 0 saturated carbocycles. The van der Waals surface area contributed by atoms with Crippen molar-refractivity contribution in [3.63, 3.8) is 0 Å². The van der Waals surface area contributed by atoms with Gasteiger partial charge in [0.05, 0.1) is 41.9 Å². The van der Waals surface area contributed by atoms with Crippen LogP contribution in [0.25, 0.3) is 5.69 Å². The standard InChI is InChI=1S/C21H19ClN4O5/c1-13(23-12-14-3-5-15(22)6-4-14)20-18(11-19(27)31-2)24-25(21(20)28)16-7-9-17(10-8-16)26(29)30/h3-10,24H,11-12H2,1-2H3. The molecule has 0 unspecified atom stereocenters. The summed E-state index contributed by atoms with van der Waals surface area (Å²) in [7, 11) is 1.26. The summed E-state index contributed by atoms with van der Waals surface area (Å²) in [5.74, 6) is -0.524. The molecule has 0 aliphatic rings. The van der Waals surface area contributed by atoms with Gasteiger partial charge in [0.2, 0.25) is 0 Å². The number of benzene rings is 2. The Kier molecular flexibility index (Phi) is 6.66. The highest BCUT2D eigenvalue weighted by Gasteiger charge is 2.20. The summed E-state index contributed by atoms with van der Waals surface area (Å²) >= 11 is 5.90. The van der Waals surface area contributed by atoms with Crippen LogP contribution in [0.3, 0.4) is 0 Å². The summed E-state index contributed by atoms with van der Waals surface area (Å²) in [6, 6.07) is 12.7. The molecular weight excluding hydrogens is 424 g/mol. The molecule has 1 heterocycles. The van der Waals surface area contributed by atoms with Gasteiger partial charge in [0.25, 0.3) is 11.2 Å². The second-order valence-corrected chi connectivity index (χ2v) is 7.10. The van der Waals surface area contributed by atoms with Crippen molar-refractivity contribution in [1.29, 1.82) is 0 Å². The summed E-state index contributed by atoms with van der Waals surface area (Å²) in [5.41, 5.74) is 1.80. The number of nitrogens with one attached hydrogen (secondary N) is 1. The minimum atomic E-state index is -0.525. The third-order valence-electron chi connectivity index (χ3n) is 4.61. The van der Waals surface area contributed by atoms with Gasteiger partial charge in [-0.1, -0.05) is 23.7 Å². The van der Waals surface area contributed by atoms with Gasteiger partial charge in [0.15, 0.2) is 0 Å². The predicted molar refractivity (Wildman–Crippen MR) is 116 cm³/mol. The van der Waals surface area contributed by atoms with Gasteiger partial charge in [0.1, 0.15) is 0 Å². The summed E-state index contributed by atoms with van der Waals surface area (Å²) in [5, 5.41) is 14.4. The third kappa shape index (κ3) is 5.07. The minimum absolute atomic E-state index is 0.0981. The molecule has 0 aliphatic heterocycles. The van der Waals surface area contributed by atoms with Crippen LogP contribution < -0.4 is 5.56 Å². The van der Waals surface area contributed by atoms with Crippen LogP contribution in [0.15, 0.2) is 58.3 Å². The van der Waals surface area contributed by atoms with Crippen molar-refractivity contribution in [2.75, 3.05) is 7.11 Å². The molecular formula is C21H19ClN4O5. The number of H-pyrrole nitrogens is 1. The normalized spacial score (nSPS) is 11.4. The fraction of sp³-hybridized carbons (Fsp3) is 0.190. The van der Waals surface area contributed by atoms with Gasteiger partial charge in [-0.05, 0) is 36.8 Å². The minimum Gasteiger partial charge on any atom is -0.469 e. The molecule has 3 rings (SSSR count). The Morgan fingerprint density at radius 3 is 2.42 bits per heavy atom. The van der Waals surface area contributed by atoms with E-state index in [4.69, 9.17) is 16.3 Å². The van der Waals surface area contributed by atoms with Gasteiger partial charge < -0.3 is 4.74 Å². The first-order valence-electron chi connectivity index (χ1n) is 9.21. The molecule has 2 aromatic carbocycles. The van der Waals surface area contributed by atoms with Crippen LogP contribution >= 0.6 is 11.6 Å². The lowest BCUT2D eigenvalue weighted by atomic mass is 10.1. The first-order chi connectivity index (χ1) is 14.8. The third-order valence-corrected chi connectivity index (χ3v) is 4.86. The lowest BCUT2D eigenvalue weighted by molar-refractivity contribution is -0.384. The first-order valence-corrected chi connectivity index (χ1v) is 9.59. The molecule has 160 valence electrons. The number of methoxy groups -OCH3 is 1. The molecule has 10 heteroatoms. The number of rotatable bonds is 7. The number of halogens is 1. The summed E-state index contributed by atoms with van der Waals surface area (Å²) in [4.78, 5) is 39.8. The van der Waals surface area contributed by atoms with E-state index in [1.165, 1.54) is 36.1 Å². The van der Waals surface area contributed by atoms with Gasteiger partial charge in [0, 0.05) is 22.9 Å². The largest absolute Gasteiger partial charge is 0.469 e. The zero-order chi connectivity index (χ0) is 22.5. The number of aromatic nitrogens is 2. The Morgan fingerprint density at radius 2 is 1.84 bits per heavy atom. The van der Waals surface area contributed by atoms with Gasteiger partial charge in [-0.3, -0.25) is 29.8 Å². The molecule has 0 aliphatic carbocycles. The number of nitro benzene ring substituents is 1. The maximum absolute atomic E-state index is 13.1. The van der Waals surface area contributed by atoms with E-state index in [9.17, 15) is 19.7 Å². The highest BCUT2D eigenvalue weighted by atomic mass is 35.5. The monoisotopic (exact) mass is 442 g/mol. The number of aliphatic imine (C=N–C) groups is 1. The lowest BCUT2D eigenvalue weighted by Gasteiger charge is -2.02. The second kappa shape index (κ2) is 9.40. The highest BCUT2D eigenvalue weighted by Crippen LogP contribution is 2.16. The number of esters is 1. The molecule has 31 heavy (non-hydrogen) atoms. The van der Waals surface area contributed by atoms with Crippen molar-refractivity contribution >= 4 is 29.0 Å². The molecule has 0 bridgehead atoms. The highest BCUT2D eigenvalue weighted by molar-refractivity contribution is 6.30. The van der Waals surface area contributed by atoms with Crippen molar-refractivity contribution in [3.05, 3.63) is 90.8 Å². The van der Waals surface area contributed by atoms with Crippen molar-refractivity contribution < 1.29 is 14.5 Å². The molecule has 0 fully saturated rings. The summed E-state index contributed by atoms with van der Waals surface area (Å²) in [6.45, 7) is 2.00. The zero-order valence-corrected chi connectivity index (χ0v) is 17.5. The number of hydrogen-bond donors (Lipinski definition) is 1. The van der Waals surface area contributed by atoms with E-state index in [-0.39, 0.29) is 17.7 Å². The summed E-state index contributed by atoms with van der Waals surface area (Å²) in [6.07, 6.45) is -0.158. The molecule has 0 spiro atoms. The van der Waals surface area contributed by atoms with Crippen LogP contribution in [0, 0.1) is 10.1 Å². The molecule has 0 saturated heterocycles. The van der Waals surface area contributed by atoms with Crippen molar-refractivity contribution in [3.8, 4) is 5.69 Å². The topological polar surface area (TPSA) is 120 Å². The summed E-state index contributed by atoms with van der Waals surface area (Å²) < 4.78 is 5.95. The van der Waals surface area contributed by atoms with Crippen LogP contribution in [0.1, 0.15) is 23.7 Å².